The van der Waals surface area contributed by atoms with E-state index in [9.17, 15) is 9.59 Å². The van der Waals surface area contributed by atoms with E-state index in [-0.39, 0.29) is 18.4 Å². The molecule has 0 spiro atoms. The zero-order valence-corrected chi connectivity index (χ0v) is 14.7. The fraction of sp³-hybridized carbons (Fsp3) is 0.471. The van der Waals surface area contributed by atoms with Crippen LogP contribution in [-0.2, 0) is 4.79 Å². The molecule has 0 aliphatic carbocycles. The van der Waals surface area contributed by atoms with E-state index < -0.39 is 5.97 Å². The highest BCUT2D eigenvalue weighted by molar-refractivity contribution is 5.97. The van der Waals surface area contributed by atoms with Gasteiger partial charge in [0.05, 0.1) is 5.56 Å². The summed E-state index contributed by atoms with van der Waals surface area (Å²) in [5.74, 6) is 0.151. The fourth-order valence-corrected chi connectivity index (χ4v) is 2.78. The first-order valence-electron chi connectivity index (χ1n) is 7.84. The molecule has 0 aliphatic rings. The number of aromatic nitrogens is 2. The Morgan fingerprint density at radius 1 is 1.29 bits per heavy atom. The largest absolute Gasteiger partial charge is 0.480 e. The van der Waals surface area contributed by atoms with Crippen LogP contribution in [0.2, 0.25) is 0 Å². The molecule has 130 valence electrons. The van der Waals surface area contributed by atoms with Gasteiger partial charge in [-0.3, -0.25) is 14.2 Å². The van der Waals surface area contributed by atoms with Crippen molar-refractivity contribution in [3.8, 4) is 5.82 Å². The molecule has 0 saturated heterocycles. The first kappa shape index (κ1) is 17.8. The van der Waals surface area contributed by atoms with E-state index in [2.05, 4.69) is 5.16 Å². The first-order valence-corrected chi connectivity index (χ1v) is 7.84. The van der Waals surface area contributed by atoms with Crippen LogP contribution in [0.3, 0.4) is 0 Å². The maximum absolute atomic E-state index is 12.8. The minimum Gasteiger partial charge on any atom is -0.480 e. The molecule has 0 aromatic carbocycles. The molecule has 2 aromatic rings. The van der Waals surface area contributed by atoms with E-state index in [4.69, 9.17) is 9.63 Å². The highest BCUT2D eigenvalue weighted by Crippen LogP contribution is 2.22. The molecule has 0 bridgehead atoms. The number of carboxylic acids is 1. The van der Waals surface area contributed by atoms with Crippen LogP contribution >= 0.6 is 0 Å². The highest BCUT2D eigenvalue weighted by Gasteiger charge is 2.24. The van der Waals surface area contributed by atoms with Gasteiger partial charge in [-0.1, -0.05) is 19.0 Å². The van der Waals surface area contributed by atoms with Crippen LogP contribution in [0.1, 0.15) is 41.4 Å². The molecule has 1 amide bonds. The predicted molar refractivity (Wildman–Crippen MR) is 88.4 cm³/mol. The Bertz CT molecular complexity index is 758. The number of hydrogen-bond acceptors (Lipinski definition) is 4. The van der Waals surface area contributed by atoms with Crippen molar-refractivity contribution in [2.75, 3.05) is 13.1 Å². The minimum atomic E-state index is -1.02. The van der Waals surface area contributed by atoms with E-state index in [1.807, 2.05) is 32.3 Å². The van der Waals surface area contributed by atoms with Gasteiger partial charge >= 0.3 is 5.97 Å². The third kappa shape index (κ3) is 3.67. The van der Waals surface area contributed by atoms with Gasteiger partial charge in [-0.25, -0.2) is 0 Å². The van der Waals surface area contributed by atoms with Crippen LogP contribution in [0.4, 0.5) is 0 Å². The summed E-state index contributed by atoms with van der Waals surface area (Å²) in [6.07, 6.45) is 0. The van der Waals surface area contributed by atoms with E-state index >= 15 is 0 Å². The molecule has 1 N–H and O–H groups in total. The average molecular weight is 333 g/mol. The summed E-state index contributed by atoms with van der Waals surface area (Å²) in [7, 11) is 0. The van der Waals surface area contributed by atoms with Crippen LogP contribution in [0.15, 0.2) is 16.7 Å². The topological polar surface area (TPSA) is 88.6 Å². The molecule has 0 radical (unpaired) electrons. The highest BCUT2D eigenvalue weighted by atomic mass is 16.5. The van der Waals surface area contributed by atoms with Crippen molar-refractivity contribution in [2.24, 2.45) is 5.92 Å². The van der Waals surface area contributed by atoms with Gasteiger partial charge in [-0.05, 0) is 32.8 Å². The van der Waals surface area contributed by atoms with Crippen molar-refractivity contribution in [1.29, 1.82) is 0 Å². The summed E-state index contributed by atoms with van der Waals surface area (Å²) < 4.78 is 6.94. The Morgan fingerprint density at radius 3 is 2.46 bits per heavy atom. The van der Waals surface area contributed by atoms with E-state index in [0.717, 1.165) is 5.69 Å². The van der Waals surface area contributed by atoms with Gasteiger partial charge in [0, 0.05) is 24.0 Å². The van der Waals surface area contributed by atoms with Crippen molar-refractivity contribution in [1.82, 2.24) is 14.6 Å². The summed E-state index contributed by atoms with van der Waals surface area (Å²) >= 11 is 0. The standard InChI is InChI=1S/C17H23N3O4/c1-10(2)8-19(9-16(21)22)17(23)14-6-11(3)20(13(14)5)15-7-12(4)24-18-15/h6-7,10H,8-9H2,1-5H3,(H,21,22). The van der Waals surface area contributed by atoms with Crippen molar-refractivity contribution >= 4 is 11.9 Å². The van der Waals surface area contributed by atoms with E-state index in [0.29, 0.717) is 29.4 Å². The van der Waals surface area contributed by atoms with Gasteiger partial charge < -0.3 is 14.5 Å². The van der Waals surface area contributed by atoms with Gasteiger partial charge in [0.25, 0.3) is 5.91 Å². The number of aliphatic carboxylic acids is 1. The summed E-state index contributed by atoms with van der Waals surface area (Å²) in [5, 5.41) is 13.1. The fourth-order valence-electron chi connectivity index (χ4n) is 2.78. The van der Waals surface area contributed by atoms with E-state index in [1.165, 1.54) is 4.90 Å². The lowest BCUT2D eigenvalue weighted by Gasteiger charge is -2.22. The SMILES string of the molecule is Cc1cc(-n2c(C)cc(C(=O)N(CC(=O)O)CC(C)C)c2C)no1. The van der Waals surface area contributed by atoms with Crippen LogP contribution < -0.4 is 0 Å². The van der Waals surface area contributed by atoms with Crippen molar-refractivity contribution in [3.05, 3.63) is 34.8 Å². The number of amides is 1. The van der Waals surface area contributed by atoms with Crippen molar-refractivity contribution < 1.29 is 19.2 Å². The third-order valence-electron chi connectivity index (χ3n) is 3.71. The third-order valence-corrected chi connectivity index (χ3v) is 3.71. The summed E-state index contributed by atoms with van der Waals surface area (Å²) in [6, 6.07) is 3.55. The summed E-state index contributed by atoms with van der Waals surface area (Å²) in [6.45, 7) is 9.46. The zero-order valence-electron chi connectivity index (χ0n) is 14.7. The number of carbonyl (C=O) groups excluding carboxylic acids is 1. The van der Waals surface area contributed by atoms with Gasteiger partial charge in [-0.15, -0.1) is 0 Å². The quantitative estimate of drug-likeness (QED) is 0.877. The number of hydrogen-bond donors (Lipinski definition) is 1. The first-order chi connectivity index (χ1) is 11.2. The Morgan fingerprint density at radius 2 is 1.96 bits per heavy atom. The van der Waals surface area contributed by atoms with E-state index in [1.54, 1.807) is 19.1 Å². The molecule has 0 aliphatic heterocycles. The molecule has 0 fully saturated rings. The zero-order chi connectivity index (χ0) is 18.0. The molecule has 24 heavy (non-hydrogen) atoms. The Kier molecular flexibility index (Phi) is 5.11. The molecular weight excluding hydrogens is 310 g/mol. The van der Waals surface area contributed by atoms with Crippen molar-refractivity contribution in [2.45, 2.75) is 34.6 Å². The summed E-state index contributed by atoms with van der Waals surface area (Å²) in [5.41, 5.74) is 2.03. The van der Waals surface area contributed by atoms with Gasteiger partial charge in [0.1, 0.15) is 12.3 Å². The smallest absolute Gasteiger partial charge is 0.323 e. The van der Waals surface area contributed by atoms with Gasteiger partial charge in [0.2, 0.25) is 0 Å². The second kappa shape index (κ2) is 6.90. The lowest BCUT2D eigenvalue weighted by atomic mass is 10.1. The number of nitrogens with zero attached hydrogens (tertiary/aromatic N) is 3. The molecule has 0 saturated carbocycles. The summed E-state index contributed by atoms with van der Waals surface area (Å²) in [4.78, 5) is 25.3. The lowest BCUT2D eigenvalue weighted by molar-refractivity contribution is -0.137. The predicted octanol–water partition coefficient (Wildman–Crippen LogP) is 2.57. The maximum Gasteiger partial charge on any atom is 0.323 e. The van der Waals surface area contributed by atoms with Gasteiger partial charge in [-0.2, -0.15) is 0 Å². The maximum atomic E-state index is 12.8. The second-order valence-electron chi connectivity index (χ2n) is 6.39. The molecule has 7 nitrogen and oxygen atoms in total. The molecule has 0 atom stereocenters. The lowest BCUT2D eigenvalue weighted by Crippen LogP contribution is -2.38. The Labute approximate surface area is 140 Å². The number of carboxylic acid groups (broad SMARTS) is 1. The Balaban J connectivity index is 2.40. The molecule has 0 unspecified atom stereocenters. The van der Waals surface area contributed by atoms with Gasteiger partial charge in [0.15, 0.2) is 5.82 Å². The monoisotopic (exact) mass is 333 g/mol. The van der Waals surface area contributed by atoms with Crippen LogP contribution in [-0.4, -0.2) is 44.7 Å². The Hall–Kier alpha value is -2.57. The molecular formula is C17H23N3O4. The van der Waals surface area contributed by atoms with Crippen molar-refractivity contribution in [3.63, 3.8) is 0 Å². The molecule has 2 rings (SSSR count). The normalized spacial score (nSPS) is 11.1. The van der Waals surface area contributed by atoms with Crippen LogP contribution in [0.5, 0.6) is 0 Å². The number of rotatable bonds is 6. The second-order valence-corrected chi connectivity index (χ2v) is 6.39. The number of carbonyl (C=O) groups is 2. The molecule has 7 heteroatoms. The minimum absolute atomic E-state index is 0.176. The molecule has 2 heterocycles. The molecule has 2 aromatic heterocycles. The number of aryl methyl sites for hydroxylation is 2. The average Bonchev–Trinajstić information content (AvgIpc) is 3.00. The van der Waals surface area contributed by atoms with Crippen LogP contribution in [0, 0.1) is 26.7 Å². The van der Waals surface area contributed by atoms with Crippen LogP contribution in [0.25, 0.3) is 5.82 Å².